The summed E-state index contributed by atoms with van der Waals surface area (Å²) in [6, 6.07) is 6.52. The van der Waals surface area contributed by atoms with E-state index in [0.717, 1.165) is 25.0 Å². The lowest BCUT2D eigenvalue weighted by Crippen LogP contribution is -2.09. The third kappa shape index (κ3) is 2.27. The lowest BCUT2D eigenvalue weighted by Gasteiger charge is -2.00. The number of benzene rings is 1. The average molecular weight is 217 g/mol. The predicted molar refractivity (Wildman–Crippen MR) is 67.8 cm³/mol. The normalized spacial score (nSPS) is 11.1. The predicted octanol–water partition coefficient (Wildman–Crippen LogP) is 3.15. The molecule has 2 rings (SSSR count). The Kier molecular flexibility index (Phi) is 3.62. The molecule has 0 amide bonds. The second-order valence-corrected chi connectivity index (χ2v) is 4.20. The largest absolute Gasteiger partial charge is 0.464 e. The maximum atomic E-state index is 5.55. The van der Waals surface area contributed by atoms with Crippen LogP contribution in [-0.4, -0.2) is 13.6 Å². The van der Waals surface area contributed by atoms with Crippen LogP contribution in [0.25, 0.3) is 11.0 Å². The number of aryl methyl sites for hydroxylation is 1. The first-order chi connectivity index (χ1) is 7.85. The van der Waals surface area contributed by atoms with E-state index in [9.17, 15) is 0 Å². The SMILES string of the molecule is CCCc1ccc2occ(CCNC)c2c1. The molecule has 0 atom stereocenters. The maximum Gasteiger partial charge on any atom is 0.134 e. The number of rotatable bonds is 5. The van der Waals surface area contributed by atoms with Crippen LogP contribution in [0.1, 0.15) is 24.5 Å². The zero-order valence-corrected chi connectivity index (χ0v) is 10.0. The van der Waals surface area contributed by atoms with Crippen molar-refractivity contribution in [3.8, 4) is 0 Å². The zero-order chi connectivity index (χ0) is 11.4. The van der Waals surface area contributed by atoms with Crippen LogP contribution in [0.4, 0.5) is 0 Å². The van der Waals surface area contributed by atoms with Crippen LogP contribution < -0.4 is 5.32 Å². The van der Waals surface area contributed by atoms with Gasteiger partial charge in [-0.15, -0.1) is 0 Å². The molecule has 2 heteroatoms. The molecular formula is C14H19NO. The minimum absolute atomic E-state index is 0.993. The molecule has 0 unspecified atom stereocenters. The van der Waals surface area contributed by atoms with Crippen molar-refractivity contribution < 1.29 is 4.42 Å². The van der Waals surface area contributed by atoms with Crippen LogP contribution in [0.2, 0.25) is 0 Å². The average Bonchev–Trinajstić information content (AvgIpc) is 2.69. The molecule has 1 heterocycles. The first-order valence-corrected chi connectivity index (χ1v) is 5.98. The van der Waals surface area contributed by atoms with Gasteiger partial charge in [-0.25, -0.2) is 0 Å². The molecule has 0 bridgehead atoms. The Balaban J connectivity index is 2.31. The smallest absolute Gasteiger partial charge is 0.134 e. The van der Waals surface area contributed by atoms with Crippen molar-refractivity contribution in [3.05, 3.63) is 35.6 Å². The van der Waals surface area contributed by atoms with Gasteiger partial charge in [0.1, 0.15) is 5.58 Å². The molecule has 2 nitrogen and oxygen atoms in total. The maximum absolute atomic E-state index is 5.55. The number of nitrogens with one attached hydrogen (secondary N) is 1. The fourth-order valence-electron chi connectivity index (χ4n) is 2.03. The van der Waals surface area contributed by atoms with Gasteiger partial charge in [-0.1, -0.05) is 19.4 Å². The van der Waals surface area contributed by atoms with Gasteiger partial charge in [-0.05, 0) is 49.7 Å². The van der Waals surface area contributed by atoms with E-state index in [1.165, 1.54) is 22.9 Å². The van der Waals surface area contributed by atoms with Gasteiger partial charge >= 0.3 is 0 Å². The van der Waals surface area contributed by atoms with Crippen LogP contribution in [0, 0.1) is 0 Å². The van der Waals surface area contributed by atoms with Gasteiger partial charge in [0.15, 0.2) is 0 Å². The topological polar surface area (TPSA) is 25.2 Å². The molecule has 0 spiro atoms. The fraction of sp³-hybridized carbons (Fsp3) is 0.429. The van der Waals surface area contributed by atoms with Crippen molar-refractivity contribution >= 4 is 11.0 Å². The quantitative estimate of drug-likeness (QED) is 0.832. The lowest BCUT2D eigenvalue weighted by atomic mass is 10.0. The van der Waals surface area contributed by atoms with Gasteiger partial charge in [-0.2, -0.15) is 0 Å². The Labute approximate surface area is 96.6 Å². The molecule has 0 fully saturated rings. The molecule has 0 radical (unpaired) electrons. The summed E-state index contributed by atoms with van der Waals surface area (Å²) >= 11 is 0. The van der Waals surface area contributed by atoms with Crippen LogP contribution in [0.3, 0.4) is 0 Å². The molecule has 0 saturated heterocycles. The first-order valence-electron chi connectivity index (χ1n) is 5.98. The standard InChI is InChI=1S/C14H19NO/c1-3-4-11-5-6-14-13(9-11)12(10-16-14)7-8-15-2/h5-6,9-10,15H,3-4,7-8H2,1-2H3. The molecule has 1 aromatic heterocycles. The second kappa shape index (κ2) is 5.17. The highest BCUT2D eigenvalue weighted by molar-refractivity contribution is 5.81. The summed E-state index contributed by atoms with van der Waals surface area (Å²) in [5.41, 5.74) is 3.72. The van der Waals surface area contributed by atoms with Crippen molar-refractivity contribution in [2.75, 3.05) is 13.6 Å². The Hall–Kier alpha value is -1.28. The molecular weight excluding hydrogens is 198 g/mol. The van der Waals surface area contributed by atoms with E-state index >= 15 is 0 Å². The Bertz CT molecular complexity index is 459. The van der Waals surface area contributed by atoms with Crippen molar-refractivity contribution in [2.45, 2.75) is 26.2 Å². The number of furan rings is 1. The molecule has 0 aliphatic carbocycles. The Morgan fingerprint density at radius 3 is 2.88 bits per heavy atom. The van der Waals surface area contributed by atoms with Crippen LogP contribution in [0.15, 0.2) is 28.9 Å². The van der Waals surface area contributed by atoms with Gasteiger partial charge in [0.05, 0.1) is 6.26 Å². The molecule has 86 valence electrons. The minimum atomic E-state index is 0.993. The van der Waals surface area contributed by atoms with E-state index < -0.39 is 0 Å². The van der Waals surface area contributed by atoms with E-state index in [4.69, 9.17) is 4.42 Å². The van der Waals surface area contributed by atoms with Crippen LogP contribution >= 0.6 is 0 Å². The van der Waals surface area contributed by atoms with Gasteiger partial charge in [0.2, 0.25) is 0 Å². The molecule has 1 N–H and O–H groups in total. The van der Waals surface area contributed by atoms with E-state index in [-0.39, 0.29) is 0 Å². The molecule has 0 aliphatic rings. The summed E-state index contributed by atoms with van der Waals surface area (Å²) in [4.78, 5) is 0. The van der Waals surface area contributed by atoms with Gasteiger partial charge < -0.3 is 9.73 Å². The van der Waals surface area contributed by atoms with E-state index in [1.54, 1.807) is 0 Å². The number of fused-ring (bicyclic) bond motifs is 1. The number of hydrogen-bond acceptors (Lipinski definition) is 2. The first kappa shape index (κ1) is 11.2. The number of likely N-dealkylation sites (N-methyl/N-ethyl adjacent to an activating group) is 1. The minimum Gasteiger partial charge on any atom is -0.464 e. The van der Waals surface area contributed by atoms with Crippen molar-refractivity contribution in [1.82, 2.24) is 5.32 Å². The Morgan fingerprint density at radius 2 is 2.12 bits per heavy atom. The summed E-state index contributed by atoms with van der Waals surface area (Å²) in [5, 5.41) is 4.45. The molecule has 16 heavy (non-hydrogen) atoms. The Morgan fingerprint density at radius 1 is 1.25 bits per heavy atom. The third-order valence-corrected chi connectivity index (χ3v) is 2.90. The summed E-state index contributed by atoms with van der Waals surface area (Å²) in [7, 11) is 1.98. The highest BCUT2D eigenvalue weighted by Crippen LogP contribution is 2.23. The molecule has 0 aliphatic heterocycles. The zero-order valence-electron chi connectivity index (χ0n) is 10.0. The van der Waals surface area contributed by atoms with E-state index in [2.05, 4.69) is 30.4 Å². The lowest BCUT2D eigenvalue weighted by molar-refractivity contribution is 0.608. The van der Waals surface area contributed by atoms with Gasteiger partial charge in [0.25, 0.3) is 0 Å². The highest BCUT2D eigenvalue weighted by atomic mass is 16.3. The second-order valence-electron chi connectivity index (χ2n) is 4.20. The third-order valence-electron chi connectivity index (χ3n) is 2.90. The van der Waals surface area contributed by atoms with Gasteiger partial charge in [-0.3, -0.25) is 0 Å². The fourth-order valence-corrected chi connectivity index (χ4v) is 2.03. The summed E-state index contributed by atoms with van der Waals surface area (Å²) in [5.74, 6) is 0. The summed E-state index contributed by atoms with van der Waals surface area (Å²) in [6.07, 6.45) is 5.25. The van der Waals surface area contributed by atoms with Crippen molar-refractivity contribution in [1.29, 1.82) is 0 Å². The molecule has 2 aromatic rings. The van der Waals surface area contributed by atoms with E-state index in [1.807, 2.05) is 13.3 Å². The van der Waals surface area contributed by atoms with Crippen LogP contribution in [0.5, 0.6) is 0 Å². The van der Waals surface area contributed by atoms with Crippen molar-refractivity contribution in [3.63, 3.8) is 0 Å². The summed E-state index contributed by atoms with van der Waals surface area (Å²) < 4.78 is 5.55. The molecule has 0 saturated carbocycles. The monoisotopic (exact) mass is 217 g/mol. The highest BCUT2D eigenvalue weighted by Gasteiger charge is 2.05. The van der Waals surface area contributed by atoms with Crippen LogP contribution in [-0.2, 0) is 12.8 Å². The van der Waals surface area contributed by atoms with E-state index in [0.29, 0.717) is 0 Å². The van der Waals surface area contributed by atoms with Gasteiger partial charge in [0, 0.05) is 5.39 Å². The summed E-state index contributed by atoms with van der Waals surface area (Å²) in [6.45, 7) is 3.20. The van der Waals surface area contributed by atoms with Crippen molar-refractivity contribution in [2.24, 2.45) is 0 Å². The molecule has 1 aromatic carbocycles. The number of hydrogen-bond donors (Lipinski definition) is 1.